The number of halogens is 8. The van der Waals surface area contributed by atoms with Crippen LogP contribution >= 0.6 is 9.24 Å². The first-order valence-corrected chi connectivity index (χ1v) is 9.61. The molecule has 0 saturated carbocycles. The van der Waals surface area contributed by atoms with Crippen molar-refractivity contribution < 1.29 is 40.2 Å². The number of phenols is 1. The van der Waals surface area contributed by atoms with Gasteiger partial charge in [0.15, 0.2) is 17.2 Å². The molecule has 3 heterocycles. The zero-order valence-corrected chi connectivity index (χ0v) is 17.5. The third-order valence-electron chi connectivity index (χ3n) is 4.56. The fourth-order valence-electron chi connectivity index (χ4n) is 2.99. The zero-order valence-electron chi connectivity index (χ0n) is 16.3. The van der Waals surface area contributed by atoms with Crippen LogP contribution in [0.1, 0.15) is 17.0 Å². The number of rotatable bonds is 3. The van der Waals surface area contributed by atoms with Crippen molar-refractivity contribution in [2.75, 3.05) is 0 Å². The molecule has 4 rings (SSSR count). The third kappa shape index (κ3) is 4.49. The first kappa shape index (κ1) is 23.7. The monoisotopic (exact) mass is 507 g/mol. The highest BCUT2D eigenvalue weighted by atomic mass is 31.0. The van der Waals surface area contributed by atoms with E-state index in [1.54, 1.807) is 0 Å². The largest absolute Gasteiger partial charge is 0.507 e. The van der Waals surface area contributed by atoms with E-state index in [2.05, 4.69) is 24.9 Å². The van der Waals surface area contributed by atoms with E-state index in [4.69, 9.17) is 0 Å². The predicted molar refractivity (Wildman–Crippen MR) is 106 cm³/mol. The van der Waals surface area contributed by atoms with Gasteiger partial charge in [-0.15, -0.1) is 0 Å². The lowest BCUT2D eigenvalue weighted by atomic mass is 10.1. The summed E-state index contributed by atoms with van der Waals surface area (Å²) < 4.78 is 106. The van der Waals surface area contributed by atoms with Crippen LogP contribution < -0.4 is 0 Å². The minimum atomic E-state index is -5.01. The van der Waals surface area contributed by atoms with Crippen molar-refractivity contribution in [1.82, 2.24) is 24.9 Å². The quantitative estimate of drug-likeness (QED) is 0.273. The molecule has 0 saturated heterocycles. The predicted octanol–water partition coefficient (Wildman–Crippen LogP) is 5.75. The molecule has 15 heteroatoms. The van der Waals surface area contributed by atoms with Crippen LogP contribution in [0.25, 0.3) is 33.9 Å². The summed E-state index contributed by atoms with van der Waals surface area (Å²) in [4.78, 5) is 17.0. The van der Waals surface area contributed by atoms with Crippen LogP contribution in [0.2, 0.25) is 0 Å². The summed E-state index contributed by atoms with van der Waals surface area (Å²) in [5, 5.41) is 10.00. The smallest absolute Gasteiger partial charge is 0.435 e. The Kier molecular flexibility index (Phi) is 5.46. The number of pyridine rings is 1. The Morgan fingerprint density at radius 3 is 2.09 bits per heavy atom. The van der Waals surface area contributed by atoms with Gasteiger partial charge in [0.25, 0.3) is 5.66 Å². The first-order valence-electron chi connectivity index (χ1n) is 9.03. The molecule has 0 aliphatic carbocycles. The average Bonchev–Trinajstić information content (AvgIpc) is 3.14. The van der Waals surface area contributed by atoms with Crippen molar-refractivity contribution in [3.63, 3.8) is 0 Å². The van der Waals surface area contributed by atoms with E-state index in [0.29, 0.717) is 12.1 Å². The van der Waals surface area contributed by atoms with E-state index >= 15 is 0 Å². The molecule has 34 heavy (non-hydrogen) atoms. The van der Waals surface area contributed by atoms with Gasteiger partial charge in [0.2, 0.25) is 0 Å². The average molecular weight is 507 g/mol. The van der Waals surface area contributed by atoms with Crippen LogP contribution in [0, 0.1) is 0 Å². The van der Waals surface area contributed by atoms with E-state index in [1.165, 1.54) is 9.24 Å². The normalized spacial score (nSPS) is 13.0. The highest BCUT2D eigenvalue weighted by Gasteiger charge is 2.38. The number of imidazole rings is 1. The lowest BCUT2D eigenvalue weighted by Crippen LogP contribution is -2.11. The topological polar surface area (TPSA) is 87.6 Å². The number of hydrogen-bond donors (Lipinski definition) is 2. The molecule has 0 bridgehead atoms. The van der Waals surface area contributed by atoms with Crippen LogP contribution in [0.15, 0.2) is 36.5 Å². The number of aromatic nitrogens is 5. The second-order valence-corrected chi connectivity index (χ2v) is 7.69. The van der Waals surface area contributed by atoms with Gasteiger partial charge in [-0.1, -0.05) is 9.24 Å². The molecule has 3 aromatic heterocycles. The Labute approximate surface area is 186 Å². The van der Waals surface area contributed by atoms with Crippen molar-refractivity contribution >= 4 is 20.4 Å². The number of nitrogens with zero attached hydrogens (tertiary/aromatic N) is 4. The van der Waals surface area contributed by atoms with Crippen molar-refractivity contribution in [3.8, 4) is 28.5 Å². The van der Waals surface area contributed by atoms with Gasteiger partial charge >= 0.3 is 12.4 Å². The molecule has 0 fully saturated rings. The minimum absolute atomic E-state index is 0.118. The van der Waals surface area contributed by atoms with Gasteiger partial charge in [-0.3, -0.25) is 4.98 Å². The van der Waals surface area contributed by atoms with E-state index in [1.807, 2.05) is 0 Å². The summed E-state index contributed by atoms with van der Waals surface area (Å²) in [6.07, 6.45) is -8.90. The summed E-state index contributed by atoms with van der Waals surface area (Å²) in [6, 6.07) is 3.80. The molecule has 178 valence electrons. The maximum absolute atomic E-state index is 13.7. The molecule has 0 amide bonds. The summed E-state index contributed by atoms with van der Waals surface area (Å²) in [5.74, 6) is -1.80. The number of aromatic amines is 1. The van der Waals surface area contributed by atoms with E-state index < -0.39 is 63.5 Å². The van der Waals surface area contributed by atoms with Crippen LogP contribution in [-0.4, -0.2) is 30.0 Å². The van der Waals surface area contributed by atoms with E-state index in [-0.39, 0.29) is 11.1 Å². The number of fused-ring (bicyclic) bond motifs is 1. The fraction of sp³-hybridized carbons (Fsp3) is 0.158. The standard InChI is InChI=1S/C19H10F8N5OP/c20-17(21,22)8-2-3-9(10(33)5-8)15-29-12-13(18(23,24)25)30-14(31-16(12)32-15)7-1-4-11(28-6-7)19(26,27)34/h1-6,33H,34H2,(H,29,30,31,32). The van der Waals surface area contributed by atoms with Gasteiger partial charge < -0.3 is 10.1 Å². The molecule has 0 aliphatic heterocycles. The van der Waals surface area contributed by atoms with Gasteiger partial charge in [-0.2, -0.15) is 35.1 Å². The summed E-state index contributed by atoms with van der Waals surface area (Å²) in [5.41, 5.74) is -8.28. The van der Waals surface area contributed by atoms with Gasteiger partial charge in [0.1, 0.15) is 22.8 Å². The molecule has 2 N–H and O–H groups in total. The van der Waals surface area contributed by atoms with Gasteiger partial charge in [0.05, 0.1) is 11.1 Å². The van der Waals surface area contributed by atoms with Crippen molar-refractivity contribution in [2.24, 2.45) is 0 Å². The summed E-state index contributed by atoms with van der Waals surface area (Å²) in [7, 11) is 1.27. The first-order chi connectivity index (χ1) is 15.6. The van der Waals surface area contributed by atoms with Crippen LogP contribution in [-0.2, 0) is 18.0 Å². The molecule has 0 spiro atoms. The molecule has 0 radical (unpaired) electrons. The Hall–Kier alpha value is -3.41. The van der Waals surface area contributed by atoms with Crippen molar-refractivity contribution in [3.05, 3.63) is 53.5 Å². The highest BCUT2D eigenvalue weighted by molar-refractivity contribution is 7.17. The molecule has 0 aliphatic rings. The number of benzene rings is 1. The lowest BCUT2D eigenvalue weighted by molar-refractivity contribution is -0.140. The molecule has 1 atom stereocenters. The molecule has 1 unspecified atom stereocenters. The van der Waals surface area contributed by atoms with Gasteiger partial charge in [-0.25, -0.2) is 15.0 Å². The van der Waals surface area contributed by atoms with Crippen molar-refractivity contribution in [2.45, 2.75) is 18.0 Å². The number of aromatic hydroxyl groups is 1. The number of phenolic OH excluding ortho intramolecular Hbond substituents is 1. The maximum Gasteiger partial charge on any atom is 0.435 e. The Bertz CT molecular complexity index is 1380. The van der Waals surface area contributed by atoms with Crippen LogP contribution in [0.5, 0.6) is 5.75 Å². The number of nitrogens with one attached hydrogen (secondary N) is 1. The minimum Gasteiger partial charge on any atom is -0.507 e. The van der Waals surface area contributed by atoms with E-state index in [9.17, 15) is 40.2 Å². The van der Waals surface area contributed by atoms with E-state index in [0.717, 1.165) is 24.4 Å². The van der Waals surface area contributed by atoms with Crippen LogP contribution in [0.3, 0.4) is 0 Å². The van der Waals surface area contributed by atoms with Gasteiger partial charge in [0, 0.05) is 11.8 Å². The molecule has 1 aromatic carbocycles. The van der Waals surface area contributed by atoms with Crippen molar-refractivity contribution in [1.29, 1.82) is 0 Å². The number of alkyl halides is 8. The number of H-pyrrole nitrogens is 1. The lowest BCUT2D eigenvalue weighted by Gasteiger charge is -2.11. The van der Waals surface area contributed by atoms with Gasteiger partial charge in [-0.05, 0) is 30.3 Å². The second-order valence-electron chi connectivity index (χ2n) is 6.96. The highest BCUT2D eigenvalue weighted by Crippen LogP contribution is 2.39. The summed E-state index contributed by atoms with van der Waals surface area (Å²) in [6.45, 7) is 0. The molecule has 4 aromatic rings. The third-order valence-corrected chi connectivity index (χ3v) is 4.86. The SMILES string of the molecule is Oc1cc(C(F)(F)F)ccc1-c1nc2nc(-c3ccc(C(F)(F)P)nc3)nc(C(F)(F)F)c2[nH]1. The molecule has 6 nitrogen and oxygen atoms in total. The Balaban J connectivity index is 1.86. The number of hydrogen-bond acceptors (Lipinski definition) is 5. The summed E-state index contributed by atoms with van der Waals surface area (Å²) >= 11 is 0. The van der Waals surface area contributed by atoms with Crippen LogP contribution in [0.4, 0.5) is 35.1 Å². The maximum atomic E-state index is 13.7. The zero-order chi connectivity index (χ0) is 25.1. The molecular formula is C19H10F8N5OP. The second kappa shape index (κ2) is 7.83. The Morgan fingerprint density at radius 2 is 1.56 bits per heavy atom. The fourth-order valence-corrected chi connectivity index (χ4v) is 3.16. The Morgan fingerprint density at radius 1 is 0.853 bits per heavy atom. The molecular weight excluding hydrogens is 497 g/mol.